The fraction of sp³-hybridized carbons (Fsp3) is 0.625. The fourth-order valence-corrected chi connectivity index (χ4v) is 2.72. The van der Waals surface area contributed by atoms with Crippen LogP contribution in [0.4, 0.5) is 0 Å². The van der Waals surface area contributed by atoms with Crippen LogP contribution >= 0.6 is 11.8 Å². The normalized spacial score (nSPS) is 11.4. The Balaban J connectivity index is 1.71. The molecule has 0 aliphatic heterocycles. The number of rotatable bonds is 9. The van der Waals surface area contributed by atoms with Crippen molar-refractivity contribution in [1.29, 1.82) is 0 Å². The molecule has 0 fully saturated rings. The minimum Gasteiger partial charge on any atom is -0.380 e. The van der Waals surface area contributed by atoms with Crippen LogP contribution < -0.4 is 5.32 Å². The average molecular weight is 351 g/mol. The van der Waals surface area contributed by atoms with Crippen LogP contribution in [0, 0.1) is 19.8 Å². The lowest BCUT2D eigenvalue weighted by atomic mass is 10.1. The van der Waals surface area contributed by atoms with Crippen LogP contribution in [0.1, 0.15) is 31.7 Å². The van der Waals surface area contributed by atoms with Gasteiger partial charge in [-0.15, -0.1) is 5.10 Å². The number of nitrogens with one attached hydrogen (secondary N) is 1. The lowest BCUT2D eigenvalue weighted by molar-refractivity contribution is -0.118. The van der Waals surface area contributed by atoms with E-state index in [-0.39, 0.29) is 11.7 Å². The molecule has 2 rings (SSSR count). The minimum absolute atomic E-state index is 0.0489. The molecule has 7 nitrogen and oxygen atoms in total. The maximum Gasteiger partial charge on any atom is 0.253 e. The molecule has 2 heterocycles. The predicted molar refractivity (Wildman–Crippen MR) is 94.3 cm³/mol. The summed E-state index contributed by atoms with van der Waals surface area (Å²) >= 11 is 1.31. The van der Waals surface area contributed by atoms with Gasteiger partial charge in [0, 0.05) is 24.5 Å². The van der Waals surface area contributed by atoms with E-state index in [1.807, 2.05) is 19.9 Å². The molecule has 0 atom stereocenters. The highest BCUT2D eigenvalue weighted by Gasteiger charge is 2.10. The summed E-state index contributed by atoms with van der Waals surface area (Å²) in [5, 5.41) is 7.75. The molecule has 0 aliphatic rings. The van der Waals surface area contributed by atoms with E-state index in [4.69, 9.17) is 4.74 Å². The van der Waals surface area contributed by atoms with Gasteiger partial charge in [-0.2, -0.15) is 4.98 Å². The van der Waals surface area contributed by atoms with E-state index in [0.717, 1.165) is 24.4 Å². The molecule has 0 spiro atoms. The number of hydrogen-bond acceptors (Lipinski definition) is 6. The van der Waals surface area contributed by atoms with E-state index in [0.29, 0.717) is 30.0 Å². The molecular formula is C16H25N5O2S. The standard InChI is InChI=1S/C16H25N5O2S/c1-11(2)5-7-23-8-6-17-14(22)10-24-16-19-15-18-12(3)9-13(4)21(15)20-16/h9,11H,5-8,10H2,1-4H3,(H,17,22). The van der Waals surface area contributed by atoms with Crippen molar-refractivity contribution in [2.75, 3.05) is 25.5 Å². The summed E-state index contributed by atoms with van der Waals surface area (Å²) in [5.74, 6) is 1.43. The van der Waals surface area contributed by atoms with Crippen molar-refractivity contribution in [3.8, 4) is 0 Å². The molecule has 0 saturated heterocycles. The highest BCUT2D eigenvalue weighted by atomic mass is 32.2. The minimum atomic E-state index is -0.0489. The molecule has 132 valence electrons. The van der Waals surface area contributed by atoms with Crippen molar-refractivity contribution in [3.05, 3.63) is 17.5 Å². The fourth-order valence-electron chi connectivity index (χ4n) is 2.07. The summed E-state index contributed by atoms with van der Waals surface area (Å²) in [6.45, 7) is 10.00. The highest BCUT2D eigenvalue weighted by molar-refractivity contribution is 7.99. The summed E-state index contributed by atoms with van der Waals surface area (Å²) in [5.41, 5.74) is 1.87. The molecule has 0 aliphatic carbocycles. The monoisotopic (exact) mass is 351 g/mol. The molecule has 0 radical (unpaired) electrons. The number of hydrogen-bond donors (Lipinski definition) is 1. The van der Waals surface area contributed by atoms with Crippen molar-refractivity contribution in [3.63, 3.8) is 0 Å². The topological polar surface area (TPSA) is 81.4 Å². The summed E-state index contributed by atoms with van der Waals surface area (Å²) in [6, 6.07) is 1.95. The van der Waals surface area contributed by atoms with Crippen LogP contribution in [0.25, 0.3) is 5.78 Å². The van der Waals surface area contributed by atoms with Gasteiger partial charge in [-0.25, -0.2) is 9.50 Å². The van der Waals surface area contributed by atoms with Gasteiger partial charge in [0.1, 0.15) is 0 Å². The molecule has 8 heteroatoms. The van der Waals surface area contributed by atoms with Crippen LogP contribution in [0.15, 0.2) is 11.2 Å². The zero-order chi connectivity index (χ0) is 17.5. The molecule has 1 amide bonds. The molecule has 0 bridgehead atoms. The Bertz CT molecular complexity index is 686. The Kier molecular flexibility index (Phi) is 6.99. The van der Waals surface area contributed by atoms with Crippen molar-refractivity contribution < 1.29 is 9.53 Å². The first-order valence-electron chi connectivity index (χ1n) is 8.14. The van der Waals surface area contributed by atoms with Gasteiger partial charge >= 0.3 is 0 Å². The van der Waals surface area contributed by atoms with Gasteiger partial charge in [0.2, 0.25) is 11.1 Å². The number of nitrogens with zero attached hydrogens (tertiary/aromatic N) is 4. The second-order valence-corrected chi connectivity index (χ2v) is 7.02. The maximum atomic E-state index is 11.8. The average Bonchev–Trinajstić information content (AvgIpc) is 2.91. The lowest BCUT2D eigenvalue weighted by Crippen LogP contribution is -2.28. The zero-order valence-corrected chi connectivity index (χ0v) is 15.5. The molecule has 2 aromatic rings. The summed E-state index contributed by atoms with van der Waals surface area (Å²) in [7, 11) is 0. The molecular weight excluding hydrogens is 326 g/mol. The van der Waals surface area contributed by atoms with Crippen molar-refractivity contribution in [2.45, 2.75) is 39.3 Å². The third-order valence-electron chi connectivity index (χ3n) is 3.34. The van der Waals surface area contributed by atoms with Gasteiger partial charge < -0.3 is 10.1 Å². The van der Waals surface area contributed by atoms with Crippen LogP contribution in [0.2, 0.25) is 0 Å². The van der Waals surface area contributed by atoms with E-state index >= 15 is 0 Å². The van der Waals surface area contributed by atoms with Crippen molar-refractivity contribution >= 4 is 23.4 Å². The maximum absolute atomic E-state index is 11.8. The molecule has 1 N–H and O–H groups in total. The summed E-state index contributed by atoms with van der Waals surface area (Å²) in [4.78, 5) is 20.5. The molecule has 0 aromatic carbocycles. The Morgan fingerprint density at radius 2 is 2.12 bits per heavy atom. The van der Waals surface area contributed by atoms with E-state index in [2.05, 4.69) is 34.2 Å². The third kappa shape index (κ3) is 5.76. The van der Waals surface area contributed by atoms with Gasteiger partial charge in [-0.1, -0.05) is 25.6 Å². The number of fused-ring (bicyclic) bond motifs is 1. The van der Waals surface area contributed by atoms with Gasteiger partial charge in [-0.05, 0) is 32.3 Å². The van der Waals surface area contributed by atoms with E-state index in [1.54, 1.807) is 4.52 Å². The SMILES string of the molecule is Cc1cc(C)n2nc(SCC(=O)NCCOCCC(C)C)nc2n1. The largest absolute Gasteiger partial charge is 0.380 e. The number of ether oxygens (including phenoxy) is 1. The quantitative estimate of drug-likeness (QED) is 0.550. The van der Waals surface area contributed by atoms with Crippen LogP contribution in [0.3, 0.4) is 0 Å². The van der Waals surface area contributed by atoms with Gasteiger partial charge in [-0.3, -0.25) is 4.79 Å². The number of carbonyl (C=O) groups is 1. The first-order chi connectivity index (χ1) is 11.5. The molecule has 0 saturated carbocycles. The van der Waals surface area contributed by atoms with Crippen LogP contribution in [0.5, 0.6) is 0 Å². The highest BCUT2D eigenvalue weighted by Crippen LogP contribution is 2.14. The first-order valence-corrected chi connectivity index (χ1v) is 9.12. The zero-order valence-electron chi connectivity index (χ0n) is 14.7. The summed E-state index contributed by atoms with van der Waals surface area (Å²) < 4.78 is 7.15. The first kappa shape index (κ1) is 18.7. The van der Waals surface area contributed by atoms with Crippen LogP contribution in [-0.4, -0.2) is 51.0 Å². The van der Waals surface area contributed by atoms with Crippen molar-refractivity contribution in [1.82, 2.24) is 24.9 Å². The van der Waals surface area contributed by atoms with Gasteiger partial charge in [0.25, 0.3) is 5.78 Å². The molecule has 24 heavy (non-hydrogen) atoms. The van der Waals surface area contributed by atoms with E-state index in [1.165, 1.54) is 11.8 Å². The Labute approximate surface area is 146 Å². The van der Waals surface area contributed by atoms with Crippen molar-refractivity contribution in [2.24, 2.45) is 5.92 Å². The van der Waals surface area contributed by atoms with Gasteiger partial charge in [0.05, 0.1) is 12.4 Å². The number of aryl methyl sites for hydroxylation is 2. The number of thioether (sulfide) groups is 1. The Hall–Kier alpha value is -1.67. The Morgan fingerprint density at radius 3 is 2.88 bits per heavy atom. The summed E-state index contributed by atoms with van der Waals surface area (Å²) in [6.07, 6.45) is 1.04. The van der Waals surface area contributed by atoms with Gasteiger partial charge in [0.15, 0.2) is 0 Å². The molecule has 2 aromatic heterocycles. The number of amides is 1. The van der Waals surface area contributed by atoms with Crippen LogP contribution in [-0.2, 0) is 9.53 Å². The second kappa shape index (κ2) is 8.98. The predicted octanol–water partition coefficient (Wildman–Crippen LogP) is 2.01. The number of aromatic nitrogens is 4. The van der Waals surface area contributed by atoms with E-state index < -0.39 is 0 Å². The second-order valence-electron chi connectivity index (χ2n) is 6.08. The molecule has 0 unspecified atom stereocenters. The smallest absolute Gasteiger partial charge is 0.253 e. The number of carbonyl (C=O) groups excluding carboxylic acids is 1. The third-order valence-corrected chi connectivity index (χ3v) is 4.18. The Morgan fingerprint density at radius 1 is 1.33 bits per heavy atom. The lowest BCUT2D eigenvalue weighted by Gasteiger charge is -2.07. The van der Waals surface area contributed by atoms with E-state index in [9.17, 15) is 4.79 Å².